The summed E-state index contributed by atoms with van der Waals surface area (Å²) in [5.74, 6) is -1.45. The van der Waals surface area contributed by atoms with Gasteiger partial charge < -0.3 is 14.4 Å². The maximum atomic E-state index is 13.1. The van der Waals surface area contributed by atoms with Crippen LogP contribution in [0.4, 0.5) is 0 Å². The van der Waals surface area contributed by atoms with Gasteiger partial charge in [0.2, 0.25) is 5.28 Å². The number of carbonyl (C=O) groups excluding carboxylic acids is 1. The van der Waals surface area contributed by atoms with Gasteiger partial charge in [0.05, 0.1) is 23.5 Å². The van der Waals surface area contributed by atoms with Crippen molar-refractivity contribution in [2.24, 2.45) is 0 Å². The number of carbonyl (C=O) groups is 2. The zero-order chi connectivity index (χ0) is 23.1. The van der Waals surface area contributed by atoms with E-state index < -0.39 is 20.3 Å². The number of carboxylic acid groups (broad SMARTS) is 1. The summed E-state index contributed by atoms with van der Waals surface area (Å²) in [6, 6.07) is 4.15. The van der Waals surface area contributed by atoms with E-state index in [9.17, 15) is 14.7 Å². The first-order chi connectivity index (χ1) is 14.3. The highest BCUT2D eigenvalue weighted by molar-refractivity contribution is 6.74. The number of amides is 1. The van der Waals surface area contributed by atoms with E-state index in [4.69, 9.17) is 27.6 Å². The first-order valence-corrected chi connectivity index (χ1v) is 13.5. The summed E-state index contributed by atoms with van der Waals surface area (Å²) in [7, 11) is -2.17. The van der Waals surface area contributed by atoms with E-state index in [1.807, 2.05) is 0 Å². The minimum Gasteiger partial charge on any atom is -0.480 e. The zero-order valence-electron chi connectivity index (χ0n) is 18.1. The molecule has 10 heteroatoms. The molecule has 0 saturated carbocycles. The molecule has 2 aromatic rings. The highest BCUT2D eigenvalue weighted by atomic mass is 35.5. The van der Waals surface area contributed by atoms with Crippen molar-refractivity contribution < 1.29 is 19.1 Å². The second-order valence-electron chi connectivity index (χ2n) is 9.07. The lowest BCUT2D eigenvalue weighted by Crippen LogP contribution is -2.49. The number of aliphatic carboxylic acids is 1. The molecule has 0 bridgehead atoms. The van der Waals surface area contributed by atoms with Crippen molar-refractivity contribution in [3.63, 3.8) is 0 Å². The predicted molar refractivity (Wildman–Crippen MR) is 122 cm³/mol. The third kappa shape index (κ3) is 4.77. The fraction of sp³-hybridized carbons (Fsp3) is 0.429. The van der Waals surface area contributed by atoms with Gasteiger partial charge in [-0.1, -0.05) is 44.5 Å². The van der Waals surface area contributed by atoms with Crippen molar-refractivity contribution in [1.29, 1.82) is 0 Å². The molecule has 7 nitrogen and oxygen atoms in total. The van der Waals surface area contributed by atoms with Crippen LogP contribution in [0.5, 0.6) is 0 Å². The van der Waals surface area contributed by atoms with Crippen molar-refractivity contribution in [1.82, 2.24) is 14.9 Å². The van der Waals surface area contributed by atoms with Crippen LogP contribution in [0.25, 0.3) is 11.3 Å². The summed E-state index contributed by atoms with van der Waals surface area (Å²) < 4.78 is 6.11. The molecule has 1 aromatic heterocycles. The van der Waals surface area contributed by atoms with Gasteiger partial charge in [-0.2, -0.15) is 0 Å². The lowest BCUT2D eigenvalue weighted by molar-refractivity contribution is -0.143. The van der Waals surface area contributed by atoms with Crippen molar-refractivity contribution >= 4 is 43.4 Å². The Labute approximate surface area is 192 Å². The smallest absolute Gasteiger partial charge is 0.328 e. The Bertz CT molecular complexity index is 1040. The van der Waals surface area contributed by atoms with Gasteiger partial charge in [-0.15, -0.1) is 0 Å². The van der Waals surface area contributed by atoms with Crippen LogP contribution in [0, 0.1) is 0 Å². The molecular weight excluding hydrogens is 457 g/mol. The number of nitrogens with zero attached hydrogens (tertiary/aromatic N) is 3. The van der Waals surface area contributed by atoms with Gasteiger partial charge in [0, 0.05) is 17.7 Å². The lowest BCUT2D eigenvalue weighted by atomic mass is 10.0. The number of aromatic nitrogens is 2. The summed E-state index contributed by atoms with van der Waals surface area (Å²) in [5, 5.41) is 10.1. The summed E-state index contributed by atoms with van der Waals surface area (Å²) >= 11 is 12.1. The second kappa shape index (κ2) is 8.50. The first kappa shape index (κ1) is 23.7. The summed E-state index contributed by atoms with van der Waals surface area (Å²) in [6.07, 6.45) is 1.40. The van der Waals surface area contributed by atoms with Crippen LogP contribution in [0.1, 0.15) is 36.7 Å². The molecule has 1 aliphatic rings. The van der Waals surface area contributed by atoms with E-state index in [0.717, 1.165) is 5.56 Å². The van der Waals surface area contributed by atoms with Gasteiger partial charge in [-0.3, -0.25) is 4.79 Å². The van der Waals surface area contributed by atoms with Crippen LogP contribution in [0.2, 0.25) is 28.4 Å². The van der Waals surface area contributed by atoms with E-state index in [1.165, 1.54) is 11.1 Å². The van der Waals surface area contributed by atoms with Gasteiger partial charge in [-0.05, 0) is 41.4 Å². The number of carboxylic acids is 1. The van der Waals surface area contributed by atoms with Crippen LogP contribution >= 0.6 is 23.2 Å². The molecule has 166 valence electrons. The van der Waals surface area contributed by atoms with Gasteiger partial charge in [0.25, 0.3) is 5.91 Å². The molecule has 2 heterocycles. The summed E-state index contributed by atoms with van der Waals surface area (Å²) in [4.78, 5) is 34.5. The average Bonchev–Trinajstić information content (AvgIpc) is 2.98. The topological polar surface area (TPSA) is 92.6 Å². The van der Waals surface area contributed by atoms with Crippen molar-refractivity contribution in [3.8, 4) is 11.3 Å². The molecule has 0 spiro atoms. The molecule has 1 aliphatic heterocycles. The SMILES string of the molecule is CC(C)(C)[Si](C)(C)OCC(C(=O)O)N1Cc2ccc(-c3nc(Cl)ncc3Cl)cc2C1=O. The van der Waals surface area contributed by atoms with Gasteiger partial charge in [0.15, 0.2) is 14.4 Å². The molecule has 31 heavy (non-hydrogen) atoms. The van der Waals surface area contributed by atoms with Crippen LogP contribution in [0.15, 0.2) is 24.4 Å². The number of halogens is 2. The molecule has 1 aromatic carbocycles. The minimum atomic E-state index is -2.17. The van der Waals surface area contributed by atoms with E-state index in [0.29, 0.717) is 21.8 Å². The van der Waals surface area contributed by atoms with E-state index >= 15 is 0 Å². The molecule has 3 rings (SSSR count). The van der Waals surface area contributed by atoms with E-state index in [1.54, 1.807) is 18.2 Å². The largest absolute Gasteiger partial charge is 0.480 e. The highest BCUT2D eigenvalue weighted by Crippen LogP contribution is 2.37. The van der Waals surface area contributed by atoms with Crippen molar-refractivity contribution in [2.75, 3.05) is 6.61 Å². The maximum Gasteiger partial charge on any atom is 0.328 e. The summed E-state index contributed by atoms with van der Waals surface area (Å²) in [6.45, 7) is 10.5. The average molecular weight is 482 g/mol. The molecule has 0 aliphatic carbocycles. The molecule has 0 saturated heterocycles. The Morgan fingerprint density at radius 3 is 2.61 bits per heavy atom. The Morgan fingerprint density at radius 2 is 2.00 bits per heavy atom. The predicted octanol–water partition coefficient (Wildman–Crippen LogP) is 4.88. The Kier molecular flexibility index (Phi) is 6.49. The van der Waals surface area contributed by atoms with Crippen molar-refractivity contribution in [3.05, 3.63) is 45.8 Å². The fourth-order valence-electron chi connectivity index (χ4n) is 3.07. The Balaban J connectivity index is 1.87. The Hall–Kier alpha value is -2.00. The maximum absolute atomic E-state index is 13.1. The molecule has 1 N–H and O–H groups in total. The van der Waals surface area contributed by atoms with Crippen LogP contribution in [-0.2, 0) is 15.8 Å². The number of hydrogen-bond acceptors (Lipinski definition) is 5. The normalized spacial score (nSPS) is 15.2. The molecule has 1 amide bonds. The van der Waals surface area contributed by atoms with E-state index in [2.05, 4.69) is 43.8 Å². The number of fused-ring (bicyclic) bond motifs is 1. The third-order valence-electron chi connectivity index (χ3n) is 6.00. The second-order valence-corrected chi connectivity index (χ2v) is 14.6. The molecule has 1 unspecified atom stereocenters. The van der Waals surface area contributed by atoms with Crippen LogP contribution in [-0.4, -0.2) is 52.8 Å². The van der Waals surface area contributed by atoms with Gasteiger partial charge >= 0.3 is 5.97 Å². The molecular formula is C21H25Cl2N3O4Si. The zero-order valence-corrected chi connectivity index (χ0v) is 20.6. The highest BCUT2D eigenvalue weighted by Gasteiger charge is 2.41. The van der Waals surface area contributed by atoms with Crippen molar-refractivity contribution in [2.45, 2.75) is 51.5 Å². The number of benzene rings is 1. The third-order valence-corrected chi connectivity index (χ3v) is 11.0. The quantitative estimate of drug-likeness (QED) is 0.466. The molecule has 0 fully saturated rings. The summed E-state index contributed by atoms with van der Waals surface area (Å²) in [5.41, 5.74) is 2.17. The Morgan fingerprint density at radius 1 is 1.32 bits per heavy atom. The molecule has 0 radical (unpaired) electrons. The first-order valence-electron chi connectivity index (χ1n) is 9.81. The fourth-order valence-corrected chi connectivity index (χ4v) is 4.41. The van der Waals surface area contributed by atoms with Gasteiger partial charge in [-0.25, -0.2) is 14.8 Å². The standard InChI is InChI=1S/C21H25Cl2N3O4Si/c1-21(2,3)31(4,5)30-11-16(19(28)29)26-10-13-7-6-12(8-14(13)18(26)27)17-15(22)9-24-20(23)25-17/h6-9,16H,10-11H2,1-5H3,(H,28,29). The lowest BCUT2D eigenvalue weighted by Gasteiger charge is -2.37. The van der Waals surface area contributed by atoms with Crippen LogP contribution in [0.3, 0.4) is 0 Å². The van der Waals surface area contributed by atoms with Gasteiger partial charge in [0.1, 0.15) is 0 Å². The number of rotatable bonds is 6. The number of hydrogen-bond donors (Lipinski definition) is 1. The minimum absolute atomic E-state index is 0.0431. The van der Waals surface area contributed by atoms with Crippen LogP contribution < -0.4 is 0 Å². The monoisotopic (exact) mass is 481 g/mol. The van der Waals surface area contributed by atoms with E-state index in [-0.39, 0.29) is 29.4 Å². The molecule has 1 atom stereocenters.